The standard InChI is InChI=1S/C11H9BrO3/c1-6(13)4-7-5-9(12)8-2-3-15-11(8)10(7)14/h2-3,5,14H,4H2,1H3. The fourth-order valence-corrected chi connectivity index (χ4v) is 2.12. The van der Waals surface area contributed by atoms with Crippen molar-refractivity contribution in [1.82, 2.24) is 0 Å². The quantitative estimate of drug-likeness (QED) is 0.911. The van der Waals surface area contributed by atoms with Crippen LogP contribution in [0, 0.1) is 0 Å². The van der Waals surface area contributed by atoms with Gasteiger partial charge in [-0.2, -0.15) is 0 Å². The lowest BCUT2D eigenvalue weighted by atomic mass is 10.1. The van der Waals surface area contributed by atoms with Gasteiger partial charge in [-0.1, -0.05) is 15.9 Å². The highest BCUT2D eigenvalue weighted by Gasteiger charge is 2.13. The number of fused-ring (bicyclic) bond motifs is 1. The van der Waals surface area contributed by atoms with E-state index in [-0.39, 0.29) is 18.0 Å². The molecule has 2 rings (SSSR count). The number of carbonyl (C=O) groups excluding carboxylic acids is 1. The van der Waals surface area contributed by atoms with E-state index in [1.54, 1.807) is 12.1 Å². The first-order valence-electron chi connectivity index (χ1n) is 4.46. The Morgan fingerprint density at radius 2 is 2.33 bits per heavy atom. The molecular formula is C11H9BrO3. The molecule has 78 valence electrons. The molecule has 3 nitrogen and oxygen atoms in total. The lowest BCUT2D eigenvalue weighted by molar-refractivity contribution is -0.116. The highest BCUT2D eigenvalue weighted by atomic mass is 79.9. The molecule has 0 unspecified atom stereocenters. The van der Waals surface area contributed by atoms with Crippen LogP contribution in [0.15, 0.2) is 27.3 Å². The summed E-state index contributed by atoms with van der Waals surface area (Å²) >= 11 is 3.37. The summed E-state index contributed by atoms with van der Waals surface area (Å²) in [5.41, 5.74) is 0.998. The number of furan rings is 1. The molecule has 1 heterocycles. The monoisotopic (exact) mass is 268 g/mol. The van der Waals surface area contributed by atoms with E-state index < -0.39 is 0 Å². The summed E-state index contributed by atoms with van der Waals surface area (Å²) in [6.07, 6.45) is 1.72. The molecule has 0 aliphatic heterocycles. The van der Waals surface area contributed by atoms with Gasteiger partial charge in [-0.15, -0.1) is 0 Å². The van der Waals surface area contributed by atoms with Crippen LogP contribution in [0.25, 0.3) is 11.0 Å². The van der Waals surface area contributed by atoms with Crippen LogP contribution in [0.5, 0.6) is 5.75 Å². The molecular weight excluding hydrogens is 260 g/mol. The van der Waals surface area contributed by atoms with Gasteiger partial charge in [0.1, 0.15) is 5.78 Å². The van der Waals surface area contributed by atoms with Crippen LogP contribution in [0.2, 0.25) is 0 Å². The van der Waals surface area contributed by atoms with E-state index >= 15 is 0 Å². The number of Topliss-reactive ketones (excluding diaryl/α,β-unsaturated/α-hetero) is 1. The number of ketones is 1. The summed E-state index contributed by atoms with van der Waals surface area (Å²) in [5.74, 6) is 0.0523. The molecule has 0 radical (unpaired) electrons. The van der Waals surface area contributed by atoms with E-state index in [2.05, 4.69) is 15.9 Å². The lowest BCUT2D eigenvalue weighted by Crippen LogP contribution is -1.96. The van der Waals surface area contributed by atoms with E-state index in [1.807, 2.05) is 0 Å². The van der Waals surface area contributed by atoms with Crippen LogP contribution in [0.4, 0.5) is 0 Å². The van der Waals surface area contributed by atoms with Crippen LogP contribution in [-0.2, 0) is 11.2 Å². The number of halogens is 1. The van der Waals surface area contributed by atoms with Crippen LogP contribution in [0.3, 0.4) is 0 Å². The van der Waals surface area contributed by atoms with Gasteiger partial charge < -0.3 is 9.52 Å². The smallest absolute Gasteiger partial charge is 0.176 e. The summed E-state index contributed by atoms with van der Waals surface area (Å²) in [6.45, 7) is 1.49. The summed E-state index contributed by atoms with van der Waals surface area (Å²) in [7, 11) is 0. The fourth-order valence-electron chi connectivity index (χ4n) is 1.53. The number of hydrogen-bond donors (Lipinski definition) is 1. The van der Waals surface area contributed by atoms with Crippen LogP contribution in [-0.4, -0.2) is 10.9 Å². The number of phenolic OH excluding ortho intramolecular Hbond substituents is 1. The van der Waals surface area contributed by atoms with Crippen LogP contribution >= 0.6 is 15.9 Å². The number of aromatic hydroxyl groups is 1. The molecule has 0 saturated heterocycles. The minimum absolute atomic E-state index is 0.00288. The molecule has 0 spiro atoms. The van der Waals surface area contributed by atoms with Gasteiger partial charge in [0.15, 0.2) is 11.3 Å². The number of phenols is 1. The van der Waals surface area contributed by atoms with Gasteiger partial charge in [-0.05, 0) is 19.1 Å². The minimum atomic E-state index is 0.00288. The SMILES string of the molecule is CC(=O)Cc1cc(Br)c2ccoc2c1O. The summed E-state index contributed by atoms with van der Waals surface area (Å²) in [4.78, 5) is 11.0. The molecule has 0 fully saturated rings. The Kier molecular flexibility index (Phi) is 2.52. The third-order valence-electron chi connectivity index (χ3n) is 2.18. The maximum absolute atomic E-state index is 11.0. The molecule has 1 aromatic carbocycles. The third kappa shape index (κ3) is 1.77. The largest absolute Gasteiger partial charge is 0.504 e. The molecule has 1 aromatic heterocycles. The number of benzene rings is 1. The van der Waals surface area contributed by atoms with Crippen LogP contribution < -0.4 is 0 Å². The second-order valence-electron chi connectivity index (χ2n) is 3.41. The third-order valence-corrected chi connectivity index (χ3v) is 2.84. The van der Waals surface area contributed by atoms with Crippen molar-refractivity contribution >= 4 is 32.7 Å². The topological polar surface area (TPSA) is 50.4 Å². The Bertz CT molecular complexity index is 528. The highest BCUT2D eigenvalue weighted by Crippen LogP contribution is 2.35. The van der Waals surface area contributed by atoms with Gasteiger partial charge >= 0.3 is 0 Å². The van der Waals surface area contributed by atoms with Crippen molar-refractivity contribution in [2.45, 2.75) is 13.3 Å². The molecule has 1 N–H and O–H groups in total. The first-order chi connectivity index (χ1) is 7.09. The van der Waals surface area contributed by atoms with Crippen molar-refractivity contribution in [2.24, 2.45) is 0 Å². The first-order valence-corrected chi connectivity index (χ1v) is 5.26. The van der Waals surface area contributed by atoms with Gasteiger partial charge in [0.25, 0.3) is 0 Å². The zero-order valence-electron chi connectivity index (χ0n) is 8.08. The van der Waals surface area contributed by atoms with Gasteiger partial charge in [-0.3, -0.25) is 4.79 Å². The second-order valence-corrected chi connectivity index (χ2v) is 4.26. The van der Waals surface area contributed by atoms with E-state index in [0.29, 0.717) is 11.1 Å². The molecule has 0 aliphatic rings. The molecule has 0 saturated carbocycles. The van der Waals surface area contributed by atoms with Gasteiger partial charge in [-0.25, -0.2) is 0 Å². The van der Waals surface area contributed by atoms with Gasteiger partial charge in [0, 0.05) is 21.8 Å². The summed E-state index contributed by atoms with van der Waals surface area (Å²) in [6, 6.07) is 3.51. The minimum Gasteiger partial charge on any atom is -0.504 e. The normalized spacial score (nSPS) is 10.8. The van der Waals surface area contributed by atoms with Crippen molar-refractivity contribution in [1.29, 1.82) is 0 Å². The van der Waals surface area contributed by atoms with E-state index in [9.17, 15) is 9.90 Å². The number of carbonyl (C=O) groups is 1. The molecule has 0 bridgehead atoms. The van der Waals surface area contributed by atoms with Crippen molar-refractivity contribution in [3.63, 3.8) is 0 Å². The fraction of sp³-hybridized carbons (Fsp3) is 0.182. The van der Waals surface area contributed by atoms with Gasteiger partial charge in [0.2, 0.25) is 0 Å². The molecule has 0 amide bonds. The Morgan fingerprint density at radius 1 is 1.60 bits per heavy atom. The van der Waals surface area contributed by atoms with Crippen molar-refractivity contribution in [3.05, 3.63) is 28.4 Å². The Labute approximate surface area is 94.8 Å². The maximum atomic E-state index is 11.0. The summed E-state index contributed by atoms with van der Waals surface area (Å²) in [5, 5.41) is 10.7. The molecule has 2 aromatic rings. The van der Waals surface area contributed by atoms with Crippen LogP contribution in [0.1, 0.15) is 12.5 Å². The average Bonchev–Trinajstić information content (AvgIpc) is 2.61. The van der Waals surface area contributed by atoms with E-state index in [0.717, 1.165) is 9.86 Å². The van der Waals surface area contributed by atoms with Crippen molar-refractivity contribution in [3.8, 4) is 5.75 Å². The Balaban J connectivity index is 2.65. The maximum Gasteiger partial charge on any atom is 0.176 e. The highest BCUT2D eigenvalue weighted by molar-refractivity contribution is 9.10. The predicted molar refractivity (Wildman–Crippen MR) is 60.0 cm³/mol. The van der Waals surface area contributed by atoms with Crippen molar-refractivity contribution in [2.75, 3.05) is 0 Å². The molecule has 0 aliphatic carbocycles. The Hall–Kier alpha value is -1.29. The van der Waals surface area contributed by atoms with E-state index in [4.69, 9.17) is 4.42 Å². The van der Waals surface area contributed by atoms with Crippen molar-refractivity contribution < 1.29 is 14.3 Å². The second kappa shape index (κ2) is 3.70. The molecule has 4 heteroatoms. The Morgan fingerprint density at radius 3 is 3.00 bits per heavy atom. The number of hydrogen-bond acceptors (Lipinski definition) is 3. The predicted octanol–water partition coefficient (Wildman–Crippen LogP) is 3.03. The molecule has 0 atom stereocenters. The first kappa shape index (κ1) is 10.2. The van der Waals surface area contributed by atoms with E-state index in [1.165, 1.54) is 13.2 Å². The lowest BCUT2D eigenvalue weighted by Gasteiger charge is -2.04. The number of rotatable bonds is 2. The molecule has 15 heavy (non-hydrogen) atoms. The zero-order valence-corrected chi connectivity index (χ0v) is 9.67. The zero-order chi connectivity index (χ0) is 11.0. The summed E-state index contributed by atoms with van der Waals surface area (Å²) < 4.78 is 5.98. The average molecular weight is 269 g/mol. The van der Waals surface area contributed by atoms with Gasteiger partial charge in [0.05, 0.1) is 6.26 Å².